The molecule has 5 nitrogen and oxygen atoms in total. The van der Waals surface area contributed by atoms with Gasteiger partial charge in [-0.2, -0.15) is 11.3 Å². The summed E-state index contributed by atoms with van der Waals surface area (Å²) in [6.07, 6.45) is 0. The quantitative estimate of drug-likeness (QED) is 0.920. The Labute approximate surface area is 129 Å². The molecule has 2 amide bonds. The average Bonchev–Trinajstić information content (AvgIpc) is 2.90. The van der Waals surface area contributed by atoms with Crippen LogP contribution in [-0.4, -0.2) is 49.1 Å². The van der Waals surface area contributed by atoms with Gasteiger partial charge in [0.25, 0.3) is 5.91 Å². The summed E-state index contributed by atoms with van der Waals surface area (Å²) in [5.41, 5.74) is 1.60. The van der Waals surface area contributed by atoms with Crippen molar-refractivity contribution in [2.45, 2.75) is 26.8 Å². The van der Waals surface area contributed by atoms with Gasteiger partial charge in [0.15, 0.2) is 0 Å². The van der Waals surface area contributed by atoms with Crippen LogP contribution in [0.3, 0.4) is 0 Å². The van der Waals surface area contributed by atoms with Gasteiger partial charge in [0.1, 0.15) is 6.04 Å². The fraction of sp³-hybridized carbons (Fsp3) is 0.600. The highest BCUT2D eigenvalue weighted by Crippen LogP contribution is 2.15. The molecule has 0 spiro atoms. The first kappa shape index (κ1) is 16.0. The lowest BCUT2D eigenvalue weighted by Gasteiger charge is -2.32. The maximum atomic E-state index is 12.6. The van der Waals surface area contributed by atoms with E-state index in [0.29, 0.717) is 31.9 Å². The highest BCUT2D eigenvalue weighted by atomic mass is 32.1. The van der Waals surface area contributed by atoms with Gasteiger partial charge in [0, 0.05) is 18.5 Å². The average molecular weight is 310 g/mol. The second kappa shape index (κ2) is 7.04. The monoisotopic (exact) mass is 310 g/mol. The van der Waals surface area contributed by atoms with Crippen LogP contribution >= 0.6 is 11.3 Å². The third kappa shape index (κ3) is 3.83. The van der Waals surface area contributed by atoms with Crippen molar-refractivity contribution < 1.29 is 14.3 Å². The van der Waals surface area contributed by atoms with Crippen LogP contribution in [0.15, 0.2) is 10.8 Å². The first-order chi connectivity index (χ1) is 10.0. The molecular weight excluding hydrogens is 288 g/mol. The topological polar surface area (TPSA) is 58.6 Å². The van der Waals surface area contributed by atoms with E-state index >= 15 is 0 Å². The number of aryl methyl sites for hydroxylation is 1. The summed E-state index contributed by atoms with van der Waals surface area (Å²) in [5, 5.41) is 6.65. The molecule has 2 heterocycles. The molecule has 1 aromatic rings. The zero-order valence-corrected chi connectivity index (χ0v) is 13.5. The Kier molecular flexibility index (Phi) is 5.36. The summed E-state index contributed by atoms with van der Waals surface area (Å²) in [7, 11) is 0. The first-order valence-electron chi connectivity index (χ1n) is 7.21. The molecule has 1 atom stereocenters. The Bertz CT molecular complexity index is 507. The lowest BCUT2D eigenvalue weighted by Crippen LogP contribution is -2.53. The van der Waals surface area contributed by atoms with E-state index in [2.05, 4.69) is 5.32 Å². The molecule has 1 unspecified atom stereocenters. The van der Waals surface area contributed by atoms with Crippen molar-refractivity contribution in [1.82, 2.24) is 10.2 Å². The predicted molar refractivity (Wildman–Crippen MR) is 82.5 cm³/mol. The summed E-state index contributed by atoms with van der Waals surface area (Å²) >= 11 is 1.49. The predicted octanol–water partition coefficient (Wildman–Crippen LogP) is 1.67. The number of carbonyl (C=O) groups is 2. The van der Waals surface area contributed by atoms with E-state index in [1.54, 1.807) is 4.90 Å². The number of amides is 2. The number of nitrogens with zero attached hydrogens (tertiary/aromatic N) is 1. The molecule has 0 saturated carbocycles. The molecule has 1 saturated heterocycles. The van der Waals surface area contributed by atoms with Gasteiger partial charge >= 0.3 is 0 Å². The maximum absolute atomic E-state index is 12.6. The minimum atomic E-state index is -0.491. The molecule has 1 N–H and O–H groups in total. The fourth-order valence-electron chi connectivity index (χ4n) is 2.31. The number of morpholine rings is 1. The summed E-state index contributed by atoms with van der Waals surface area (Å²) in [5.74, 6) is -0.146. The number of hydrogen-bond acceptors (Lipinski definition) is 4. The highest BCUT2D eigenvalue weighted by Gasteiger charge is 2.30. The van der Waals surface area contributed by atoms with Gasteiger partial charge in [-0.05, 0) is 23.8 Å². The first-order valence-corrected chi connectivity index (χ1v) is 8.15. The molecule has 21 heavy (non-hydrogen) atoms. The van der Waals surface area contributed by atoms with Crippen LogP contribution in [-0.2, 0) is 9.53 Å². The van der Waals surface area contributed by atoms with Crippen molar-refractivity contribution in [3.63, 3.8) is 0 Å². The van der Waals surface area contributed by atoms with Crippen LogP contribution in [0.2, 0.25) is 0 Å². The Balaban J connectivity index is 2.06. The van der Waals surface area contributed by atoms with Crippen LogP contribution in [0, 0.1) is 12.8 Å². The van der Waals surface area contributed by atoms with E-state index in [4.69, 9.17) is 4.74 Å². The largest absolute Gasteiger partial charge is 0.378 e. The van der Waals surface area contributed by atoms with Gasteiger partial charge in [0.2, 0.25) is 5.91 Å². The normalized spacial score (nSPS) is 16.9. The maximum Gasteiger partial charge on any atom is 0.253 e. The van der Waals surface area contributed by atoms with Gasteiger partial charge in [-0.15, -0.1) is 0 Å². The van der Waals surface area contributed by atoms with E-state index < -0.39 is 6.04 Å². The van der Waals surface area contributed by atoms with Gasteiger partial charge in [-0.3, -0.25) is 9.59 Å². The van der Waals surface area contributed by atoms with E-state index in [1.807, 2.05) is 31.5 Å². The van der Waals surface area contributed by atoms with Crippen molar-refractivity contribution in [2.24, 2.45) is 5.92 Å². The van der Waals surface area contributed by atoms with Gasteiger partial charge < -0.3 is 15.0 Å². The van der Waals surface area contributed by atoms with Crippen LogP contribution in [0.4, 0.5) is 0 Å². The van der Waals surface area contributed by atoms with Crippen LogP contribution in [0.25, 0.3) is 0 Å². The van der Waals surface area contributed by atoms with E-state index in [-0.39, 0.29) is 17.7 Å². The minimum Gasteiger partial charge on any atom is -0.378 e. The van der Waals surface area contributed by atoms with Gasteiger partial charge in [-0.1, -0.05) is 13.8 Å². The van der Waals surface area contributed by atoms with E-state index in [9.17, 15) is 9.59 Å². The zero-order chi connectivity index (χ0) is 15.4. The third-order valence-electron chi connectivity index (χ3n) is 3.64. The molecule has 1 aromatic heterocycles. The summed E-state index contributed by atoms with van der Waals surface area (Å²) in [4.78, 5) is 26.7. The van der Waals surface area contributed by atoms with Crippen LogP contribution in [0.1, 0.15) is 29.8 Å². The molecule has 0 bridgehead atoms. The molecule has 116 valence electrons. The smallest absolute Gasteiger partial charge is 0.253 e. The second-order valence-corrected chi connectivity index (χ2v) is 6.34. The van der Waals surface area contributed by atoms with Crippen LogP contribution in [0.5, 0.6) is 0 Å². The molecule has 1 fully saturated rings. The molecule has 0 aromatic carbocycles. The summed E-state index contributed by atoms with van der Waals surface area (Å²) in [6.45, 7) is 8.11. The molecule has 2 rings (SSSR count). The molecule has 0 radical (unpaired) electrons. The molecule has 1 aliphatic rings. The summed E-state index contributed by atoms with van der Waals surface area (Å²) < 4.78 is 5.27. The SMILES string of the molecule is Cc1cscc1C(=O)NC(C(=O)N1CCOCC1)C(C)C. The Morgan fingerprint density at radius 2 is 1.95 bits per heavy atom. The number of nitrogens with one attached hydrogen (secondary N) is 1. The zero-order valence-electron chi connectivity index (χ0n) is 12.7. The lowest BCUT2D eigenvalue weighted by atomic mass is 10.0. The van der Waals surface area contributed by atoms with Crippen molar-refractivity contribution >= 4 is 23.2 Å². The summed E-state index contributed by atoms with van der Waals surface area (Å²) in [6, 6.07) is -0.491. The number of ether oxygens (including phenoxy) is 1. The fourth-order valence-corrected chi connectivity index (χ4v) is 3.13. The third-order valence-corrected chi connectivity index (χ3v) is 4.50. The number of thiophene rings is 1. The van der Waals surface area contributed by atoms with Crippen molar-refractivity contribution in [3.05, 3.63) is 21.9 Å². The standard InChI is InChI=1S/C15H22N2O3S/c1-10(2)13(15(19)17-4-6-20-7-5-17)16-14(18)12-9-21-8-11(12)3/h8-10,13H,4-7H2,1-3H3,(H,16,18). The Morgan fingerprint density at radius 3 is 2.48 bits per heavy atom. The number of carbonyl (C=O) groups excluding carboxylic acids is 2. The second-order valence-electron chi connectivity index (χ2n) is 5.60. The number of rotatable bonds is 4. The van der Waals surface area contributed by atoms with Crippen LogP contribution < -0.4 is 5.32 Å². The number of hydrogen-bond donors (Lipinski definition) is 1. The minimum absolute atomic E-state index is 0.0190. The Hall–Kier alpha value is -1.40. The van der Waals surface area contributed by atoms with Crippen molar-refractivity contribution in [3.8, 4) is 0 Å². The van der Waals surface area contributed by atoms with E-state index in [0.717, 1.165) is 5.56 Å². The highest BCUT2D eigenvalue weighted by molar-refractivity contribution is 7.08. The van der Waals surface area contributed by atoms with Gasteiger partial charge in [-0.25, -0.2) is 0 Å². The molecule has 6 heteroatoms. The van der Waals surface area contributed by atoms with Gasteiger partial charge in [0.05, 0.1) is 18.8 Å². The van der Waals surface area contributed by atoms with Crippen molar-refractivity contribution in [1.29, 1.82) is 0 Å². The molecule has 1 aliphatic heterocycles. The molecular formula is C15H22N2O3S. The van der Waals surface area contributed by atoms with E-state index in [1.165, 1.54) is 11.3 Å². The van der Waals surface area contributed by atoms with Crippen molar-refractivity contribution in [2.75, 3.05) is 26.3 Å². The lowest BCUT2D eigenvalue weighted by molar-refractivity contribution is -0.138. The Morgan fingerprint density at radius 1 is 1.29 bits per heavy atom. The molecule has 0 aliphatic carbocycles.